The Bertz CT molecular complexity index is 779. The molecule has 0 aliphatic carbocycles. The first kappa shape index (κ1) is 22.4. The molecule has 2 atom stereocenters. The maximum atomic E-state index is 5.86. The molecule has 1 aliphatic heterocycles. The molecule has 1 saturated heterocycles. The van der Waals surface area contributed by atoms with Gasteiger partial charge in [0.1, 0.15) is 18.1 Å². The highest BCUT2D eigenvalue weighted by Gasteiger charge is 2.31. The van der Waals surface area contributed by atoms with Gasteiger partial charge >= 0.3 is 0 Å². The summed E-state index contributed by atoms with van der Waals surface area (Å²) in [6, 6.07) is 12.6. The fourth-order valence-electron chi connectivity index (χ4n) is 4.07. The molecule has 7 heteroatoms. The van der Waals surface area contributed by atoms with Crippen molar-refractivity contribution in [1.82, 2.24) is 15.1 Å². The summed E-state index contributed by atoms with van der Waals surface area (Å²) in [4.78, 5) is 10.6. The van der Waals surface area contributed by atoms with E-state index in [-0.39, 0.29) is 0 Å². The largest absolute Gasteiger partial charge is 0.497 e. The van der Waals surface area contributed by atoms with Gasteiger partial charge in [0, 0.05) is 31.6 Å². The minimum atomic E-state index is 0.480. The van der Waals surface area contributed by atoms with Crippen LogP contribution in [0, 0.1) is 5.92 Å². The van der Waals surface area contributed by atoms with Crippen LogP contribution in [0.25, 0.3) is 0 Å². The first-order valence-electron chi connectivity index (χ1n) is 10.5. The molecular formula is C23H34N4O2S. The van der Waals surface area contributed by atoms with Crippen LogP contribution in [-0.2, 0) is 0 Å². The molecule has 1 N–H and O–H groups in total. The smallest absolute Gasteiger partial charge is 0.193 e. The van der Waals surface area contributed by atoms with E-state index in [0.717, 1.165) is 37.1 Å². The van der Waals surface area contributed by atoms with Crippen molar-refractivity contribution < 1.29 is 9.47 Å². The lowest BCUT2D eigenvalue weighted by molar-refractivity contribution is 0.124. The van der Waals surface area contributed by atoms with Gasteiger partial charge in [0.2, 0.25) is 0 Å². The van der Waals surface area contributed by atoms with Crippen molar-refractivity contribution in [3.63, 3.8) is 0 Å². The van der Waals surface area contributed by atoms with Gasteiger partial charge in [-0.1, -0.05) is 6.07 Å². The number of hydrogen-bond acceptors (Lipinski definition) is 5. The molecule has 2 heterocycles. The van der Waals surface area contributed by atoms with Gasteiger partial charge in [-0.2, -0.15) is 0 Å². The highest BCUT2D eigenvalue weighted by atomic mass is 32.1. The van der Waals surface area contributed by atoms with E-state index in [4.69, 9.17) is 9.47 Å². The number of ether oxygens (including phenoxy) is 2. The second kappa shape index (κ2) is 11.2. The number of nitrogens with zero attached hydrogens (tertiary/aromatic N) is 3. The normalized spacial score (nSPS) is 20.1. The molecular weight excluding hydrogens is 396 g/mol. The summed E-state index contributed by atoms with van der Waals surface area (Å²) in [6.45, 7) is 3.43. The minimum absolute atomic E-state index is 0.480. The molecule has 3 rings (SSSR count). The Morgan fingerprint density at radius 2 is 2.03 bits per heavy atom. The van der Waals surface area contributed by atoms with Crippen molar-refractivity contribution >= 4 is 17.3 Å². The predicted octanol–water partition coefficient (Wildman–Crippen LogP) is 3.73. The Labute approximate surface area is 184 Å². The predicted molar refractivity (Wildman–Crippen MR) is 125 cm³/mol. The Morgan fingerprint density at radius 1 is 1.27 bits per heavy atom. The number of guanidine groups is 1. The second-order valence-electron chi connectivity index (χ2n) is 7.72. The molecule has 1 aromatic heterocycles. The number of likely N-dealkylation sites (N-methyl/N-ethyl adjacent to an activating group) is 1. The van der Waals surface area contributed by atoms with Crippen LogP contribution in [0.1, 0.15) is 23.8 Å². The summed E-state index contributed by atoms with van der Waals surface area (Å²) >= 11 is 1.86. The van der Waals surface area contributed by atoms with Crippen molar-refractivity contribution in [1.29, 1.82) is 0 Å². The second-order valence-corrected chi connectivity index (χ2v) is 8.70. The van der Waals surface area contributed by atoms with Crippen LogP contribution in [0.15, 0.2) is 46.8 Å². The number of methoxy groups -OCH3 is 1. The number of likely N-dealkylation sites (tertiary alicyclic amines) is 1. The number of nitrogens with one attached hydrogen (secondary N) is 1. The number of thiophene rings is 1. The van der Waals surface area contributed by atoms with Crippen molar-refractivity contribution in [3.05, 3.63) is 46.7 Å². The number of piperidine rings is 1. The topological polar surface area (TPSA) is 49.3 Å². The molecule has 1 fully saturated rings. The summed E-state index contributed by atoms with van der Waals surface area (Å²) in [5, 5.41) is 5.78. The van der Waals surface area contributed by atoms with E-state index in [1.807, 2.05) is 42.6 Å². The van der Waals surface area contributed by atoms with Crippen LogP contribution >= 0.6 is 11.3 Å². The molecule has 2 unspecified atom stereocenters. The lowest BCUT2D eigenvalue weighted by Crippen LogP contribution is -2.46. The SMILES string of the molecule is CN=C(NCC1CCCN(C)C1c1cccs1)N(C)CCOc1ccc(OC)cc1. The zero-order valence-corrected chi connectivity index (χ0v) is 19.3. The maximum Gasteiger partial charge on any atom is 0.193 e. The highest BCUT2D eigenvalue weighted by molar-refractivity contribution is 7.10. The summed E-state index contributed by atoms with van der Waals surface area (Å²) < 4.78 is 11.0. The Hall–Kier alpha value is -2.25. The van der Waals surface area contributed by atoms with Crippen LogP contribution < -0.4 is 14.8 Å². The minimum Gasteiger partial charge on any atom is -0.497 e. The van der Waals surface area contributed by atoms with E-state index in [0.29, 0.717) is 18.6 Å². The Balaban J connectivity index is 1.49. The molecule has 0 amide bonds. The lowest BCUT2D eigenvalue weighted by atomic mass is 9.88. The van der Waals surface area contributed by atoms with Gasteiger partial charge in [-0.25, -0.2) is 0 Å². The molecule has 1 aromatic carbocycles. The van der Waals surface area contributed by atoms with Gasteiger partial charge in [0.05, 0.1) is 13.7 Å². The van der Waals surface area contributed by atoms with Crippen molar-refractivity contribution in [2.75, 3.05) is 54.5 Å². The van der Waals surface area contributed by atoms with Gasteiger partial charge in [-0.15, -0.1) is 11.3 Å². The average Bonchev–Trinajstić information content (AvgIpc) is 3.29. The fourth-order valence-corrected chi connectivity index (χ4v) is 5.05. The Kier molecular flexibility index (Phi) is 8.39. The van der Waals surface area contributed by atoms with E-state index in [1.165, 1.54) is 17.7 Å². The third-order valence-corrected chi connectivity index (χ3v) is 6.64. The van der Waals surface area contributed by atoms with Crippen LogP contribution in [0.2, 0.25) is 0 Å². The molecule has 0 radical (unpaired) electrons. The number of rotatable bonds is 8. The third kappa shape index (κ3) is 5.89. The lowest BCUT2D eigenvalue weighted by Gasteiger charge is -2.39. The summed E-state index contributed by atoms with van der Waals surface area (Å²) in [5.41, 5.74) is 0. The van der Waals surface area contributed by atoms with Crippen molar-refractivity contribution in [2.24, 2.45) is 10.9 Å². The number of aliphatic imine (C=N–C) groups is 1. The van der Waals surface area contributed by atoms with Gasteiger partial charge in [0.15, 0.2) is 5.96 Å². The van der Waals surface area contributed by atoms with Crippen LogP contribution in [-0.4, -0.2) is 70.3 Å². The van der Waals surface area contributed by atoms with E-state index in [1.54, 1.807) is 7.11 Å². The molecule has 0 spiro atoms. The van der Waals surface area contributed by atoms with E-state index in [9.17, 15) is 0 Å². The van der Waals surface area contributed by atoms with Gasteiger partial charge in [-0.3, -0.25) is 9.89 Å². The quantitative estimate of drug-likeness (QED) is 0.511. The molecule has 30 heavy (non-hydrogen) atoms. The maximum absolute atomic E-state index is 5.86. The van der Waals surface area contributed by atoms with Gasteiger partial charge in [-0.05, 0) is 68.1 Å². The molecule has 164 valence electrons. The summed E-state index contributed by atoms with van der Waals surface area (Å²) in [7, 11) is 7.80. The van der Waals surface area contributed by atoms with E-state index in [2.05, 4.69) is 51.7 Å². The third-order valence-electron chi connectivity index (χ3n) is 5.69. The molecule has 2 aromatic rings. The first-order chi connectivity index (χ1) is 14.6. The highest BCUT2D eigenvalue weighted by Crippen LogP contribution is 2.36. The monoisotopic (exact) mass is 430 g/mol. The van der Waals surface area contributed by atoms with Crippen molar-refractivity contribution in [3.8, 4) is 11.5 Å². The molecule has 0 bridgehead atoms. The van der Waals surface area contributed by atoms with E-state index < -0.39 is 0 Å². The summed E-state index contributed by atoms with van der Waals surface area (Å²) in [5.74, 6) is 3.16. The molecule has 0 saturated carbocycles. The fraction of sp³-hybridized carbons (Fsp3) is 0.522. The number of benzene rings is 1. The number of hydrogen-bond donors (Lipinski definition) is 1. The van der Waals surface area contributed by atoms with E-state index >= 15 is 0 Å². The summed E-state index contributed by atoms with van der Waals surface area (Å²) in [6.07, 6.45) is 2.48. The van der Waals surface area contributed by atoms with Gasteiger partial charge < -0.3 is 19.7 Å². The van der Waals surface area contributed by atoms with Crippen LogP contribution in [0.5, 0.6) is 11.5 Å². The Morgan fingerprint density at radius 3 is 2.70 bits per heavy atom. The molecule has 6 nitrogen and oxygen atoms in total. The zero-order chi connectivity index (χ0) is 21.3. The van der Waals surface area contributed by atoms with Crippen molar-refractivity contribution in [2.45, 2.75) is 18.9 Å². The zero-order valence-electron chi connectivity index (χ0n) is 18.5. The molecule has 1 aliphatic rings. The standard InChI is InChI=1S/C23H34N4O2S/c1-24-23(27(3)14-15-29-20-11-9-19(28-4)10-12-20)25-17-18-7-5-13-26(2)22(18)21-8-6-16-30-21/h6,8-12,16,18,22H,5,7,13-15,17H2,1-4H3,(H,24,25). The van der Waals surface area contributed by atoms with Gasteiger partial charge in [0.25, 0.3) is 0 Å². The first-order valence-corrected chi connectivity index (χ1v) is 11.4. The van der Waals surface area contributed by atoms with Crippen LogP contribution in [0.4, 0.5) is 0 Å². The van der Waals surface area contributed by atoms with Crippen LogP contribution in [0.3, 0.4) is 0 Å². The average molecular weight is 431 g/mol.